The van der Waals surface area contributed by atoms with Gasteiger partial charge in [-0.2, -0.15) is 10.4 Å². The summed E-state index contributed by atoms with van der Waals surface area (Å²) in [6.45, 7) is 0. The van der Waals surface area contributed by atoms with E-state index in [1.165, 1.54) is 35.6 Å². The third-order valence-corrected chi connectivity index (χ3v) is 4.19. The minimum atomic E-state index is -0.336. The second-order valence-corrected chi connectivity index (χ2v) is 6.03. The van der Waals surface area contributed by atoms with Gasteiger partial charge >= 0.3 is 0 Å². The summed E-state index contributed by atoms with van der Waals surface area (Å²) in [5.74, 6) is -0.336. The van der Waals surface area contributed by atoms with Crippen molar-refractivity contribution in [1.82, 2.24) is 4.98 Å². The van der Waals surface area contributed by atoms with Crippen LogP contribution >= 0.6 is 22.9 Å². The summed E-state index contributed by atoms with van der Waals surface area (Å²) in [6.07, 6.45) is 0. The predicted molar refractivity (Wildman–Crippen MR) is 94.7 cm³/mol. The van der Waals surface area contributed by atoms with Gasteiger partial charge in [0.25, 0.3) is 0 Å². The third-order valence-electron chi connectivity index (χ3n) is 3.09. The Morgan fingerprint density at radius 2 is 1.88 bits per heavy atom. The van der Waals surface area contributed by atoms with Gasteiger partial charge in [0.05, 0.1) is 11.4 Å². The van der Waals surface area contributed by atoms with Crippen LogP contribution in [0.5, 0.6) is 0 Å². The summed E-state index contributed by atoms with van der Waals surface area (Å²) in [5, 5.41) is 16.3. The Kier molecular flexibility index (Phi) is 4.85. The van der Waals surface area contributed by atoms with Crippen LogP contribution in [0.4, 0.5) is 10.1 Å². The number of nitrogens with one attached hydrogen (secondary N) is 1. The van der Waals surface area contributed by atoms with Gasteiger partial charge in [-0.05, 0) is 36.4 Å². The molecule has 0 aliphatic rings. The number of rotatable bonds is 4. The molecule has 1 N–H and O–H groups in total. The normalized spacial score (nSPS) is 11.1. The van der Waals surface area contributed by atoms with Gasteiger partial charge in [0, 0.05) is 16.0 Å². The molecule has 0 amide bonds. The largest absolute Gasteiger partial charge is 0.277 e. The molecule has 4 nitrogen and oxygen atoms in total. The molecule has 0 atom stereocenters. The first-order valence-electron chi connectivity index (χ1n) is 6.87. The van der Waals surface area contributed by atoms with E-state index in [0.717, 1.165) is 11.3 Å². The van der Waals surface area contributed by atoms with Crippen LogP contribution < -0.4 is 5.43 Å². The van der Waals surface area contributed by atoms with Crippen LogP contribution in [0.1, 0.15) is 5.01 Å². The lowest BCUT2D eigenvalue weighted by Gasteiger charge is -2.00. The molecule has 3 rings (SSSR count). The molecule has 2 aromatic carbocycles. The van der Waals surface area contributed by atoms with Crippen molar-refractivity contribution in [2.75, 3.05) is 5.43 Å². The average Bonchev–Trinajstić information content (AvgIpc) is 3.08. The topological polar surface area (TPSA) is 61.1 Å². The van der Waals surface area contributed by atoms with Crippen LogP contribution in [-0.4, -0.2) is 10.7 Å². The molecule has 0 unspecified atom stereocenters. The second-order valence-electron chi connectivity index (χ2n) is 4.74. The summed E-state index contributed by atoms with van der Waals surface area (Å²) in [6, 6.07) is 15.0. The van der Waals surface area contributed by atoms with Gasteiger partial charge < -0.3 is 0 Å². The lowest BCUT2D eigenvalue weighted by molar-refractivity contribution is 0.628. The fourth-order valence-corrected chi connectivity index (χ4v) is 2.79. The fraction of sp³-hybridized carbons (Fsp3) is 0. The monoisotopic (exact) mass is 356 g/mol. The zero-order valence-corrected chi connectivity index (χ0v) is 13.8. The number of hydrazone groups is 1. The Morgan fingerprint density at radius 1 is 1.17 bits per heavy atom. The van der Waals surface area contributed by atoms with Gasteiger partial charge in [-0.25, -0.2) is 9.37 Å². The zero-order chi connectivity index (χ0) is 16.9. The highest BCUT2D eigenvalue weighted by Crippen LogP contribution is 2.24. The Morgan fingerprint density at radius 3 is 2.54 bits per heavy atom. The Bertz CT molecular complexity index is 911. The fourth-order valence-electron chi connectivity index (χ4n) is 1.90. The number of benzene rings is 2. The van der Waals surface area contributed by atoms with Crippen LogP contribution in [0.3, 0.4) is 0 Å². The molecule has 0 spiro atoms. The first-order valence-corrected chi connectivity index (χ1v) is 8.12. The molecule has 1 heterocycles. The Balaban J connectivity index is 1.81. The molecule has 1 aromatic heterocycles. The molecule has 0 aliphatic carbocycles. The maximum absolute atomic E-state index is 12.9. The predicted octanol–water partition coefficient (Wildman–Crippen LogP) is 4.94. The number of hydrogen-bond acceptors (Lipinski definition) is 5. The second kappa shape index (κ2) is 7.21. The van der Waals surface area contributed by atoms with Crippen LogP contribution in [-0.2, 0) is 0 Å². The van der Waals surface area contributed by atoms with Crippen molar-refractivity contribution < 1.29 is 4.39 Å². The van der Waals surface area contributed by atoms with Crippen LogP contribution in [0.2, 0.25) is 5.02 Å². The first kappa shape index (κ1) is 16.1. The molecule has 0 aliphatic heterocycles. The summed E-state index contributed by atoms with van der Waals surface area (Å²) < 4.78 is 12.9. The maximum atomic E-state index is 12.9. The van der Waals surface area contributed by atoms with Crippen LogP contribution in [0.25, 0.3) is 11.3 Å². The summed E-state index contributed by atoms with van der Waals surface area (Å²) in [4.78, 5) is 4.43. The van der Waals surface area contributed by atoms with Crippen molar-refractivity contribution in [2.24, 2.45) is 5.10 Å². The smallest absolute Gasteiger partial charge is 0.196 e. The van der Waals surface area contributed by atoms with Gasteiger partial charge in [-0.15, -0.1) is 11.3 Å². The van der Waals surface area contributed by atoms with E-state index in [0.29, 0.717) is 15.7 Å². The minimum absolute atomic E-state index is 0.157. The maximum Gasteiger partial charge on any atom is 0.196 e. The molecule has 0 radical (unpaired) electrons. The van der Waals surface area contributed by atoms with E-state index in [9.17, 15) is 9.65 Å². The number of hydrogen-bond donors (Lipinski definition) is 1. The lowest BCUT2D eigenvalue weighted by Crippen LogP contribution is -2.01. The molecule has 0 saturated carbocycles. The van der Waals surface area contributed by atoms with Gasteiger partial charge in [0.15, 0.2) is 10.7 Å². The van der Waals surface area contributed by atoms with Crippen LogP contribution in [0.15, 0.2) is 59.0 Å². The summed E-state index contributed by atoms with van der Waals surface area (Å²) in [7, 11) is 0. The van der Waals surface area contributed by atoms with Gasteiger partial charge in [0.1, 0.15) is 11.9 Å². The lowest BCUT2D eigenvalue weighted by atomic mass is 10.2. The number of nitriles is 1. The standard InChI is InChI=1S/C17H10ClFN4S/c18-12-3-1-11(2-4-12)16-10-24-17(21-16)15(9-20)23-22-14-7-5-13(19)6-8-14/h1-8,10,22H/b23-15-. The molecule has 3 aromatic rings. The molecular formula is C17H10ClFN4S. The number of thiazole rings is 1. The quantitative estimate of drug-likeness (QED) is 0.532. The SMILES string of the molecule is N#C/C(=N/Nc1ccc(F)cc1)c1nc(-c2ccc(Cl)cc2)cs1. The van der Waals surface area contributed by atoms with Crippen molar-refractivity contribution in [2.45, 2.75) is 0 Å². The summed E-state index contributed by atoms with van der Waals surface area (Å²) >= 11 is 7.20. The third kappa shape index (κ3) is 3.77. The van der Waals surface area contributed by atoms with E-state index in [-0.39, 0.29) is 11.5 Å². The van der Waals surface area contributed by atoms with Crippen molar-refractivity contribution in [3.63, 3.8) is 0 Å². The van der Waals surface area contributed by atoms with E-state index in [4.69, 9.17) is 11.6 Å². The molecule has 118 valence electrons. The van der Waals surface area contributed by atoms with Gasteiger partial charge in [-0.3, -0.25) is 5.43 Å². The van der Waals surface area contributed by atoms with E-state index < -0.39 is 0 Å². The number of halogens is 2. The number of anilines is 1. The van der Waals surface area contributed by atoms with Crippen molar-refractivity contribution in [1.29, 1.82) is 5.26 Å². The van der Waals surface area contributed by atoms with Crippen LogP contribution in [0, 0.1) is 17.1 Å². The van der Waals surface area contributed by atoms with Crippen molar-refractivity contribution >= 4 is 34.3 Å². The molecule has 0 bridgehead atoms. The van der Waals surface area contributed by atoms with E-state index in [1.807, 2.05) is 23.6 Å². The van der Waals surface area contributed by atoms with E-state index in [1.54, 1.807) is 12.1 Å². The molecule has 24 heavy (non-hydrogen) atoms. The molecular weight excluding hydrogens is 347 g/mol. The Labute approximate surface area is 146 Å². The van der Waals surface area contributed by atoms with Crippen molar-refractivity contribution in [3.8, 4) is 17.3 Å². The van der Waals surface area contributed by atoms with Crippen molar-refractivity contribution in [3.05, 3.63) is 69.8 Å². The van der Waals surface area contributed by atoms with E-state index in [2.05, 4.69) is 15.5 Å². The zero-order valence-electron chi connectivity index (χ0n) is 12.2. The first-order chi connectivity index (χ1) is 11.7. The van der Waals surface area contributed by atoms with Gasteiger partial charge in [-0.1, -0.05) is 23.7 Å². The molecule has 0 saturated heterocycles. The highest BCUT2D eigenvalue weighted by atomic mass is 35.5. The van der Waals surface area contributed by atoms with Gasteiger partial charge in [0.2, 0.25) is 0 Å². The summed E-state index contributed by atoms with van der Waals surface area (Å²) in [5.41, 5.74) is 5.12. The molecule has 7 heteroatoms. The molecule has 0 fully saturated rings. The number of nitrogens with zero attached hydrogens (tertiary/aromatic N) is 3. The average molecular weight is 357 g/mol. The highest BCUT2D eigenvalue weighted by molar-refractivity contribution is 7.12. The van der Waals surface area contributed by atoms with E-state index >= 15 is 0 Å². The Hall–Kier alpha value is -2.75. The number of aromatic nitrogens is 1. The highest BCUT2D eigenvalue weighted by Gasteiger charge is 2.10. The minimum Gasteiger partial charge on any atom is -0.277 e.